The van der Waals surface area contributed by atoms with Gasteiger partial charge in [0, 0.05) is 13.0 Å². The molecule has 0 heterocycles. The van der Waals surface area contributed by atoms with E-state index in [1.807, 2.05) is 6.08 Å². The van der Waals surface area contributed by atoms with Gasteiger partial charge >= 0.3 is 7.82 Å². The standard InChI is InChI=1S/C36H69N2O6P/c1-3-5-7-9-11-12-13-14-15-16-17-18-19-20-21-22-24-26-28-30-36(40)38-34(33-44-45(41,42)43-32-31-37)35(39)29-27-25-23-10-8-6-4-2/h11-12,14-15,27,29,34-35,39H,3-10,13,16-26,28,30-33,37H2,1-2H3,(H,38,40)(H,41,42)/b12-11-,15-14-,29-27+. The van der Waals surface area contributed by atoms with Gasteiger partial charge in [-0.15, -0.1) is 0 Å². The van der Waals surface area contributed by atoms with Crippen molar-refractivity contribution < 1.29 is 28.4 Å². The predicted octanol–water partition coefficient (Wildman–Crippen LogP) is 9.22. The lowest BCUT2D eigenvalue weighted by Crippen LogP contribution is -2.45. The topological polar surface area (TPSA) is 131 Å². The van der Waals surface area contributed by atoms with Gasteiger partial charge in [-0.3, -0.25) is 13.8 Å². The molecule has 3 atom stereocenters. The zero-order valence-corrected chi connectivity index (χ0v) is 29.7. The minimum atomic E-state index is -4.32. The summed E-state index contributed by atoms with van der Waals surface area (Å²) in [5.41, 5.74) is 5.33. The minimum Gasteiger partial charge on any atom is -0.387 e. The zero-order chi connectivity index (χ0) is 33.3. The first-order valence-corrected chi connectivity index (χ1v) is 19.6. The summed E-state index contributed by atoms with van der Waals surface area (Å²) < 4.78 is 21.9. The molecule has 3 unspecified atom stereocenters. The van der Waals surface area contributed by atoms with Gasteiger partial charge in [0.25, 0.3) is 0 Å². The molecule has 0 rings (SSSR count). The molecule has 264 valence electrons. The van der Waals surface area contributed by atoms with Crippen LogP contribution in [0.25, 0.3) is 0 Å². The Balaban J connectivity index is 4.16. The summed E-state index contributed by atoms with van der Waals surface area (Å²) in [6, 6.07) is -0.858. The van der Waals surface area contributed by atoms with Crippen LogP contribution in [0, 0.1) is 0 Å². The fourth-order valence-corrected chi connectivity index (χ4v) is 5.68. The summed E-state index contributed by atoms with van der Waals surface area (Å²) in [6.45, 7) is 4.02. The highest BCUT2D eigenvalue weighted by atomic mass is 31.2. The number of hydrogen-bond donors (Lipinski definition) is 4. The van der Waals surface area contributed by atoms with Crippen molar-refractivity contribution in [2.75, 3.05) is 19.8 Å². The fourth-order valence-electron chi connectivity index (χ4n) is 4.92. The molecule has 0 radical (unpaired) electrons. The monoisotopic (exact) mass is 656 g/mol. The van der Waals surface area contributed by atoms with E-state index in [-0.39, 0.29) is 25.7 Å². The van der Waals surface area contributed by atoms with Gasteiger partial charge in [0.15, 0.2) is 0 Å². The maximum absolute atomic E-state index is 12.6. The molecule has 0 aromatic heterocycles. The van der Waals surface area contributed by atoms with E-state index in [1.54, 1.807) is 6.08 Å². The predicted molar refractivity (Wildman–Crippen MR) is 189 cm³/mol. The minimum absolute atomic E-state index is 0.0767. The lowest BCUT2D eigenvalue weighted by atomic mass is 10.0. The molecule has 0 fully saturated rings. The van der Waals surface area contributed by atoms with Gasteiger partial charge in [-0.1, -0.05) is 134 Å². The molecule has 0 aliphatic heterocycles. The number of rotatable bonds is 33. The van der Waals surface area contributed by atoms with Crippen molar-refractivity contribution in [3.63, 3.8) is 0 Å². The molecule has 0 aromatic rings. The third-order valence-corrected chi connectivity index (χ3v) is 8.69. The average molecular weight is 657 g/mol. The Hall–Kier alpha value is -1.28. The fraction of sp³-hybridized carbons (Fsp3) is 0.806. The Morgan fingerprint density at radius 2 is 1.22 bits per heavy atom. The molecule has 45 heavy (non-hydrogen) atoms. The van der Waals surface area contributed by atoms with Gasteiger partial charge in [-0.25, -0.2) is 4.57 Å². The first-order valence-electron chi connectivity index (χ1n) is 18.1. The lowest BCUT2D eigenvalue weighted by Gasteiger charge is -2.23. The van der Waals surface area contributed by atoms with Crippen LogP contribution in [0.4, 0.5) is 0 Å². The molecule has 0 spiro atoms. The van der Waals surface area contributed by atoms with Gasteiger partial charge in [0.2, 0.25) is 5.91 Å². The maximum Gasteiger partial charge on any atom is 0.472 e. The molecular weight excluding hydrogens is 587 g/mol. The Morgan fingerprint density at radius 3 is 1.80 bits per heavy atom. The number of nitrogens with one attached hydrogen (secondary N) is 1. The van der Waals surface area contributed by atoms with Crippen LogP contribution in [0.15, 0.2) is 36.5 Å². The Kier molecular flexibility index (Phi) is 31.7. The molecule has 0 aromatic carbocycles. The van der Waals surface area contributed by atoms with Crippen LogP contribution in [0.5, 0.6) is 0 Å². The number of aliphatic hydroxyl groups is 1. The van der Waals surface area contributed by atoms with Crippen LogP contribution in [0.2, 0.25) is 0 Å². The number of carbonyl (C=O) groups excluding carboxylic acids is 1. The quantitative estimate of drug-likeness (QED) is 0.0315. The van der Waals surface area contributed by atoms with Crippen LogP contribution in [-0.4, -0.2) is 47.8 Å². The Labute approximate surface area is 276 Å². The second-order valence-corrected chi connectivity index (χ2v) is 13.5. The first-order chi connectivity index (χ1) is 21.9. The first kappa shape index (κ1) is 43.7. The van der Waals surface area contributed by atoms with E-state index in [0.29, 0.717) is 6.42 Å². The summed E-state index contributed by atoms with van der Waals surface area (Å²) in [4.78, 5) is 22.5. The third kappa shape index (κ3) is 31.1. The molecular formula is C36H69N2O6P. The van der Waals surface area contributed by atoms with Gasteiger partial charge < -0.3 is 21.1 Å². The van der Waals surface area contributed by atoms with Crippen molar-refractivity contribution in [2.24, 2.45) is 5.73 Å². The molecule has 1 amide bonds. The van der Waals surface area contributed by atoms with E-state index in [0.717, 1.165) is 44.9 Å². The number of unbranched alkanes of at least 4 members (excludes halogenated alkanes) is 17. The van der Waals surface area contributed by atoms with E-state index < -0.39 is 20.0 Å². The number of nitrogens with two attached hydrogens (primary N) is 1. The number of phosphoric acid groups is 1. The number of amides is 1. The summed E-state index contributed by atoms with van der Waals surface area (Å²) in [5, 5.41) is 13.5. The molecule has 5 N–H and O–H groups in total. The molecule has 0 saturated carbocycles. The van der Waals surface area contributed by atoms with Gasteiger partial charge in [-0.05, 0) is 51.4 Å². The number of hydrogen-bond acceptors (Lipinski definition) is 6. The van der Waals surface area contributed by atoms with E-state index in [4.69, 9.17) is 14.8 Å². The highest BCUT2D eigenvalue weighted by Gasteiger charge is 2.26. The summed E-state index contributed by atoms with van der Waals surface area (Å²) in [7, 11) is -4.32. The summed E-state index contributed by atoms with van der Waals surface area (Å²) in [5.74, 6) is -0.205. The molecule has 8 nitrogen and oxygen atoms in total. The van der Waals surface area contributed by atoms with Gasteiger partial charge in [0.05, 0.1) is 25.4 Å². The summed E-state index contributed by atoms with van der Waals surface area (Å²) in [6.07, 6.45) is 36.3. The smallest absolute Gasteiger partial charge is 0.387 e. The van der Waals surface area contributed by atoms with E-state index >= 15 is 0 Å². The number of phosphoric ester groups is 1. The summed E-state index contributed by atoms with van der Waals surface area (Å²) >= 11 is 0. The molecule has 9 heteroatoms. The Morgan fingerprint density at radius 1 is 0.733 bits per heavy atom. The zero-order valence-electron chi connectivity index (χ0n) is 28.8. The number of allylic oxidation sites excluding steroid dienone is 5. The number of aliphatic hydroxyl groups excluding tert-OH is 1. The maximum atomic E-state index is 12.6. The van der Waals surface area contributed by atoms with E-state index in [2.05, 4.69) is 43.5 Å². The van der Waals surface area contributed by atoms with Crippen molar-refractivity contribution in [2.45, 2.75) is 167 Å². The normalized spacial score (nSPS) is 14.9. The van der Waals surface area contributed by atoms with Crippen molar-refractivity contribution >= 4 is 13.7 Å². The van der Waals surface area contributed by atoms with Crippen LogP contribution in [0.3, 0.4) is 0 Å². The molecule has 0 saturated heterocycles. The van der Waals surface area contributed by atoms with Crippen molar-refractivity contribution in [3.8, 4) is 0 Å². The van der Waals surface area contributed by atoms with E-state index in [1.165, 1.54) is 89.9 Å². The Bertz CT molecular complexity index is 804. The second-order valence-electron chi connectivity index (χ2n) is 12.1. The van der Waals surface area contributed by atoms with Crippen molar-refractivity contribution in [3.05, 3.63) is 36.5 Å². The SMILES string of the molecule is CCCCC/C=C\C/C=C\CCCCCCCCCCCC(=O)NC(COP(=O)(O)OCCN)C(O)/C=C/CCCCCCC. The lowest BCUT2D eigenvalue weighted by molar-refractivity contribution is -0.123. The highest BCUT2D eigenvalue weighted by molar-refractivity contribution is 7.47. The largest absolute Gasteiger partial charge is 0.472 e. The van der Waals surface area contributed by atoms with Crippen LogP contribution < -0.4 is 11.1 Å². The van der Waals surface area contributed by atoms with Crippen molar-refractivity contribution in [1.29, 1.82) is 0 Å². The highest BCUT2D eigenvalue weighted by Crippen LogP contribution is 2.43. The van der Waals surface area contributed by atoms with Crippen LogP contribution >= 0.6 is 7.82 Å². The molecule has 0 bridgehead atoms. The second kappa shape index (κ2) is 32.7. The molecule has 0 aliphatic carbocycles. The van der Waals surface area contributed by atoms with Crippen LogP contribution in [-0.2, 0) is 18.4 Å². The number of carbonyl (C=O) groups is 1. The van der Waals surface area contributed by atoms with E-state index in [9.17, 15) is 19.4 Å². The molecule has 0 aliphatic rings. The van der Waals surface area contributed by atoms with Crippen LogP contribution in [0.1, 0.15) is 155 Å². The third-order valence-electron chi connectivity index (χ3n) is 7.71. The average Bonchev–Trinajstić information content (AvgIpc) is 3.02. The van der Waals surface area contributed by atoms with Gasteiger partial charge in [-0.2, -0.15) is 0 Å². The van der Waals surface area contributed by atoms with Gasteiger partial charge in [0.1, 0.15) is 0 Å². The van der Waals surface area contributed by atoms with Crippen molar-refractivity contribution in [1.82, 2.24) is 5.32 Å².